The van der Waals surface area contributed by atoms with Gasteiger partial charge in [-0.1, -0.05) is 26.7 Å². The van der Waals surface area contributed by atoms with E-state index in [0.717, 1.165) is 12.8 Å². The van der Waals surface area contributed by atoms with Crippen LogP contribution in [0.2, 0.25) is 0 Å². The second-order valence-corrected chi connectivity index (χ2v) is 5.82. The fourth-order valence-electron chi connectivity index (χ4n) is 2.21. The van der Waals surface area contributed by atoms with Crippen LogP contribution in [0.3, 0.4) is 0 Å². The lowest BCUT2D eigenvalue weighted by atomic mass is 9.89. The van der Waals surface area contributed by atoms with E-state index in [1.807, 2.05) is 13.8 Å². The zero-order valence-corrected chi connectivity index (χ0v) is 13.6. The molecule has 0 saturated carbocycles. The number of carbonyl (C=O) groups is 1. The zero-order chi connectivity index (χ0) is 15.0. The number of rotatable bonds is 8. The van der Waals surface area contributed by atoms with Crippen molar-refractivity contribution >= 4 is 21.8 Å². The molecule has 0 saturated heterocycles. The van der Waals surface area contributed by atoms with E-state index in [4.69, 9.17) is 0 Å². The van der Waals surface area contributed by atoms with E-state index in [0.29, 0.717) is 29.7 Å². The lowest BCUT2D eigenvalue weighted by Crippen LogP contribution is -2.36. The van der Waals surface area contributed by atoms with E-state index in [9.17, 15) is 9.90 Å². The summed E-state index contributed by atoms with van der Waals surface area (Å²) in [4.78, 5) is 20.1. The molecule has 0 aromatic carbocycles. The smallest absolute Gasteiger partial charge is 0.223 e. The van der Waals surface area contributed by atoms with E-state index >= 15 is 0 Å². The molecule has 112 valence electrons. The van der Waals surface area contributed by atoms with Crippen LogP contribution in [0, 0.1) is 0 Å². The molecule has 0 atom stereocenters. The minimum atomic E-state index is -0.890. The maximum absolute atomic E-state index is 11.9. The van der Waals surface area contributed by atoms with Gasteiger partial charge in [-0.2, -0.15) is 0 Å². The van der Waals surface area contributed by atoms with Crippen LogP contribution in [0.1, 0.15) is 51.6 Å². The SMILES string of the molecule is CCCC(O)(CCC)CC(=O)NCc1cnc(Br)cn1. The van der Waals surface area contributed by atoms with Gasteiger partial charge in [-0.15, -0.1) is 0 Å². The number of hydrogen-bond donors (Lipinski definition) is 2. The summed E-state index contributed by atoms with van der Waals surface area (Å²) in [7, 11) is 0. The van der Waals surface area contributed by atoms with E-state index in [2.05, 4.69) is 31.2 Å². The molecule has 0 aliphatic carbocycles. The lowest BCUT2D eigenvalue weighted by molar-refractivity contribution is -0.126. The van der Waals surface area contributed by atoms with Gasteiger partial charge in [0.25, 0.3) is 0 Å². The molecule has 0 aliphatic rings. The van der Waals surface area contributed by atoms with Crippen LogP contribution < -0.4 is 5.32 Å². The van der Waals surface area contributed by atoms with Crippen molar-refractivity contribution in [1.82, 2.24) is 15.3 Å². The summed E-state index contributed by atoms with van der Waals surface area (Å²) in [6.07, 6.45) is 6.35. The van der Waals surface area contributed by atoms with Gasteiger partial charge in [0, 0.05) is 0 Å². The molecule has 1 rings (SSSR count). The minimum Gasteiger partial charge on any atom is -0.389 e. The van der Waals surface area contributed by atoms with E-state index < -0.39 is 5.60 Å². The highest BCUT2D eigenvalue weighted by molar-refractivity contribution is 9.10. The summed E-state index contributed by atoms with van der Waals surface area (Å²) in [5, 5.41) is 13.2. The van der Waals surface area contributed by atoms with Crippen molar-refractivity contribution in [2.24, 2.45) is 0 Å². The van der Waals surface area contributed by atoms with Crippen LogP contribution in [-0.4, -0.2) is 26.6 Å². The Labute approximate surface area is 128 Å². The van der Waals surface area contributed by atoms with Crippen LogP contribution in [0.5, 0.6) is 0 Å². The Hall–Kier alpha value is -1.01. The monoisotopic (exact) mass is 343 g/mol. The second kappa shape index (κ2) is 8.32. The maximum atomic E-state index is 11.9. The molecule has 0 radical (unpaired) electrons. The topological polar surface area (TPSA) is 75.1 Å². The van der Waals surface area contributed by atoms with Crippen molar-refractivity contribution in [2.45, 2.75) is 58.1 Å². The average Bonchev–Trinajstić information content (AvgIpc) is 2.38. The van der Waals surface area contributed by atoms with E-state index in [-0.39, 0.29) is 12.3 Å². The van der Waals surface area contributed by atoms with Crippen molar-refractivity contribution in [2.75, 3.05) is 0 Å². The second-order valence-electron chi connectivity index (χ2n) is 5.01. The van der Waals surface area contributed by atoms with Gasteiger partial charge in [0.2, 0.25) is 5.91 Å². The third-order valence-electron chi connectivity index (χ3n) is 3.06. The summed E-state index contributed by atoms with van der Waals surface area (Å²) < 4.78 is 0.660. The molecule has 2 N–H and O–H groups in total. The van der Waals surface area contributed by atoms with Crippen LogP contribution in [0.25, 0.3) is 0 Å². The summed E-state index contributed by atoms with van der Waals surface area (Å²) >= 11 is 3.21. The predicted molar refractivity (Wildman–Crippen MR) is 81.0 cm³/mol. The number of carbonyl (C=O) groups excluding carboxylic acids is 1. The highest BCUT2D eigenvalue weighted by Gasteiger charge is 2.27. The first kappa shape index (κ1) is 17.0. The zero-order valence-electron chi connectivity index (χ0n) is 12.0. The third-order valence-corrected chi connectivity index (χ3v) is 3.47. The minimum absolute atomic E-state index is 0.138. The standard InChI is InChI=1S/C14H22BrN3O2/c1-3-5-14(20,6-4-2)7-13(19)18-9-11-8-17-12(15)10-16-11/h8,10,20H,3-7,9H2,1-2H3,(H,18,19). The lowest BCUT2D eigenvalue weighted by Gasteiger charge is -2.26. The Morgan fingerprint density at radius 2 is 1.95 bits per heavy atom. The molecule has 0 fully saturated rings. The Morgan fingerprint density at radius 1 is 1.30 bits per heavy atom. The number of aliphatic hydroxyl groups is 1. The number of hydrogen-bond acceptors (Lipinski definition) is 4. The molecule has 5 nitrogen and oxygen atoms in total. The van der Waals surface area contributed by atoms with Gasteiger partial charge in [0.05, 0.1) is 36.7 Å². The van der Waals surface area contributed by atoms with E-state index in [1.54, 1.807) is 12.4 Å². The maximum Gasteiger partial charge on any atom is 0.223 e. The summed E-state index contributed by atoms with van der Waals surface area (Å²) in [6, 6.07) is 0. The van der Waals surface area contributed by atoms with Crippen LogP contribution >= 0.6 is 15.9 Å². The summed E-state index contributed by atoms with van der Waals surface area (Å²) in [5.41, 5.74) is -0.199. The van der Waals surface area contributed by atoms with Crippen molar-refractivity contribution in [3.8, 4) is 0 Å². The Kier molecular flexibility index (Phi) is 7.09. The highest BCUT2D eigenvalue weighted by Crippen LogP contribution is 2.23. The molecule has 1 aromatic rings. The van der Waals surface area contributed by atoms with Gasteiger partial charge in [-0.25, -0.2) is 4.98 Å². The molecular formula is C14H22BrN3O2. The third kappa shape index (κ3) is 5.96. The molecule has 1 aromatic heterocycles. The van der Waals surface area contributed by atoms with Gasteiger partial charge in [-0.05, 0) is 28.8 Å². The predicted octanol–water partition coefficient (Wildman–Crippen LogP) is 2.58. The first-order valence-corrected chi connectivity index (χ1v) is 7.74. The van der Waals surface area contributed by atoms with E-state index in [1.165, 1.54) is 0 Å². The largest absolute Gasteiger partial charge is 0.389 e. The first-order chi connectivity index (χ1) is 9.49. The molecule has 1 amide bonds. The Morgan fingerprint density at radius 3 is 2.45 bits per heavy atom. The van der Waals surface area contributed by atoms with Gasteiger partial charge in [-0.3, -0.25) is 9.78 Å². The number of halogens is 1. The number of nitrogens with zero attached hydrogens (tertiary/aromatic N) is 2. The average molecular weight is 344 g/mol. The fourth-order valence-corrected chi connectivity index (χ4v) is 2.42. The first-order valence-electron chi connectivity index (χ1n) is 6.94. The van der Waals surface area contributed by atoms with Gasteiger partial charge >= 0.3 is 0 Å². The molecule has 0 spiro atoms. The van der Waals surface area contributed by atoms with Gasteiger partial charge < -0.3 is 10.4 Å². The van der Waals surface area contributed by atoms with Gasteiger partial charge in [0.1, 0.15) is 4.60 Å². The summed E-state index contributed by atoms with van der Waals surface area (Å²) in [5.74, 6) is -0.154. The Bertz CT molecular complexity index is 417. The molecule has 20 heavy (non-hydrogen) atoms. The fraction of sp³-hybridized carbons (Fsp3) is 0.643. The molecular weight excluding hydrogens is 322 g/mol. The van der Waals surface area contributed by atoms with Gasteiger partial charge in [0.15, 0.2) is 0 Å². The molecule has 1 heterocycles. The molecule has 0 bridgehead atoms. The highest BCUT2D eigenvalue weighted by atomic mass is 79.9. The van der Waals surface area contributed by atoms with Crippen molar-refractivity contribution in [3.05, 3.63) is 22.7 Å². The summed E-state index contributed by atoms with van der Waals surface area (Å²) in [6.45, 7) is 4.35. The normalized spacial score (nSPS) is 11.4. The quantitative estimate of drug-likeness (QED) is 0.760. The van der Waals surface area contributed by atoms with Crippen molar-refractivity contribution in [3.63, 3.8) is 0 Å². The van der Waals surface area contributed by atoms with Crippen LogP contribution in [0.4, 0.5) is 0 Å². The van der Waals surface area contributed by atoms with Crippen LogP contribution in [0.15, 0.2) is 17.0 Å². The Balaban J connectivity index is 2.47. The molecule has 0 aliphatic heterocycles. The number of amides is 1. The number of nitrogens with one attached hydrogen (secondary N) is 1. The molecule has 0 unspecified atom stereocenters. The number of aromatic nitrogens is 2. The molecule has 6 heteroatoms. The van der Waals surface area contributed by atoms with Crippen molar-refractivity contribution < 1.29 is 9.90 Å². The van der Waals surface area contributed by atoms with Crippen LogP contribution in [-0.2, 0) is 11.3 Å². The van der Waals surface area contributed by atoms with Crippen molar-refractivity contribution in [1.29, 1.82) is 0 Å².